The zero-order valence-corrected chi connectivity index (χ0v) is 29.9. The monoisotopic (exact) mass is 686 g/mol. The van der Waals surface area contributed by atoms with Gasteiger partial charge in [0, 0.05) is 27.9 Å². The Hall–Kier alpha value is -3.17. The van der Waals surface area contributed by atoms with E-state index in [9.17, 15) is 14.4 Å². The third kappa shape index (κ3) is 6.57. The number of rotatable bonds is 9. The van der Waals surface area contributed by atoms with Crippen LogP contribution in [0.15, 0.2) is 60.7 Å². The summed E-state index contributed by atoms with van der Waals surface area (Å²) < 4.78 is 56.3. The second kappa shape index (κ2) is 13.6. The van der Waals surface area contributed by atoms with E-state index in [4.69, 9.17) is 42.3 Å². The molecule has 0 radical (unpaired) electrons. The maximum Gasteiger partial charge on any atom is 0.303 e. The zero-order chi connectivity index (χ0) is 35.1. The van der Waals surface area contributed by atoms with Crippen molar-refractivity contribution in [2.24, 2.45) is 0 Å². The molecule has 8 atom stereocenters. The first-order valence-electron chi connectivity index (χ1n) is 16.0. The van der Waals surface area contributed by atoms with Crippen LogP contribution >= 0.6 is 0 Å². The molecular weight excluding hydrogens is 640 g/mol. The lowest BCUT2D eigenvalue weighted by molar-refractivity contribution is -0.360. The SMILES string of the molecule is CO[C@@H]1O[C@@]2([C@@H]3OC(C)(C)O[C@@H]3O[C@@H]2CO[Si](c2ccccc2)(c2ccccc2)C(C)(C)C)[C@@H](OC(C)=O)[C@H](OC(C)=O)[C@@H]1OC(C)=O. The van der Waals surface area contributed by atoms with E-state index in [2.05, 4.69) is 45.0 Å². The summed E-state index contributed by atoms with van der Waals surface area (Å²) >= 11 is 0. The molecule has 1 spiro atoms. The molecule has 0 aromatic heterocycles. The number of methoxy groups -OCH3 is 1. The van der Waals surface area contributed by atoms with Crippen LogP contribution in [0.25, 0.3) is 0 Å². The molecule has 0 amide bonds. The molecule has 48 heavy (non-hydrogen) atoms. The zero-order valence-electron chi connectivity index (χ0n) is 28.9. The van der Waals surface area contributed by atoms with Crippen molar-refractivity contribution < 1.29 is 56.7 Å². The Morgan fingerprint density at radius 1 is 0.771 bits per heavy atom. The molecule has 3 heterocycles. The molecule has 3 saturated heterocycles. The van der Waals surface area contributed by atoms with Crippen LogP contribution in [0, 0.1) is 0 Å². The van der Waals surface area contributed by atoms with Gasteiger partial charge < -0.3 is 42.3 Å². The second-order valence-corrected chi connectivity index (χ2v) is 18.1. The second-order valence-electron chi connectivity index (χ2n) is 13.8. The van der Waals surface area contributed by atoms with Crippen molar-refractivity contribution in [3.63, 3.8) is 0 Å². The fraction of sp³-hybridized carbons (Fsp3) is 0.571. The Morgan fingerprint density at radius 2 is 1.29 bits per heavy atom. The minimum atomic E-state index is -3.13. The first-order valence-corrected chi connectivity index (χ1v) is 17.9. The van der Waals surface area contributed by atoms with Crippen molar-refractivity contribution in [1.82, 2.24) is 0 Å². The van der Waals surface area contributed by atoms with Crippen molar-refractivity contribution in [2.75, 3.05) is 13.7 Å². The number of fused-ring (bicyclic) bond motifs is 2. The number of hydrogen-bond donors (Lipinski definition) is 0. The summed E-state index contributed by atoms with van der Waals surface area (Å²) in [5.41, 5.74) is -1.73. The molecule has 0 aliphatic carbocycles. The molecule has 5 rings (SSSR count). The number of benzene rings is 2. The lowest BCUT2D eigenvalue weighted by Crippen LogP contribution is -2.74. The minimum Gasteiger partial charge on any atom is -0.455 e. The van der Waals surface area contributed by atoms with Gasteiger partial charge in [0.1, 0.15) is 12.2 Å². The molecule has 262 valence electrons. The Kier molecular flexibility index (Phi) is 10.2. The van der Waals surface area contributed by atoms with Gasteiger partial charge in [0.05, 0.1) is 6.61 Å². The van der Waals surface area contributed by atoms with Gasteiger partial charge in [-0.2, -0.15) is 0 Å². The molecule has 3 fully saturated rings. The van der Waals surface area contributed by atoms with Gasteiger partial charge in [-0.05, 0) is 29.3 Å². The minimum absolute atomic E-state index is 0.0767. The summed E-state index contributed by atoms with van der Waals surface area (Å²) in [6.45, 7) is 13.4. The smallest absolute Gasteiger partial charge is 0.303 e. The van der Waals surface area contributed by atoms with Gasteiger partial charge in [-0.1, -0.05) is 81.4 Å². The van der Waals surface area contributed by atoms with Crippen LogP contribution in [0.2, 0.25) is 5.04 Å². The Morgan fingerprint density at radius 3 is 1.77 bits per heavy atom. The molecule has 3 aliphatic rings. The summed E-state index contributed by atoms with van der Waals surface area (Å²) in [6.07, 6.45) is -8.42. The maximum absolute atomic E-state index is 12.8. The van der Waals surface area contributed by atoms with E-state index in [0.717, 1.165) is 10.4 Å². The molecule has 3 aliphatic heterocycles. The van der Waals surface area contributed by atoms with Crippen molar-refractivity contribution in [3.05, 3.63) is 60.7 Å². The van der Waals surface area contributed by atoms with Crippen LogP contribution in [0.4, 0.5) is 0 Å². The van der Waals surface area contributed by atoms with E-state index in [1.54, 1.807) is 13.8 Å². The van der Waals surface area contributed by atoms with Crippen molar-refractivity contribution >= 4 is 36.6 Å². The first-order chi connectivity index (χ1) is 22.6. The lowest BCUT2D eigenvalue weighted by Gasteiger charge is -2.52. The van der Waals surface area contributed by atoms with Crippen LogP contribution in [0.3, 0.4) is 0 Å². The Bertz CT molecular complexity index is 1420. The highest BCUT2D eigenvalue weighted by molar-refractivity contribution is 6.99. The van der Waals surface area contributed by atoms with Gasteiger partial charge in [0.2, 0.25) is 0 Å². The highest BCUT2D eigenvalue weighted by atomic mass is 28.4. The summed E-state index contributed by atoms with van der Waals surface area (Å²) in [5, 5.41) is 1.69. The number of hydrogen-bond acceptors (Lipinski definition) is 12. The molecule has 12 nitrogen and oxygen atoms in total. The van der Waals surface area contributed by atoms with Crippen LogP contribution in [0.5, 0.6) is 0 Å². The van der Waals surface area contributed by atoms with Gasteiger partial charge in [-0.3, -0.25) is 14.4 Å². The van der Waals surface area contributed by atoms with Crippen LogP contribution in [0.1, 0.15) is 55.4 Å². The van der Waals surface area contributed by atoms with Gasteiger partial charge in [-0.25, -0.2) is 0 Å². The van der Waals surface area contributed by atoms with E-state index in [1.807, 2.05) is 36.4 Å². The summed E-state index contributed by atoms with van der Waals surface area (Å²) in [4.78, 5) is 37.7. The van der Waals surface area contributed by atoms with E-state index in [1.165, 1.54) is 27.9 Å². The Balaban J connectivity index is 1.68. The summed E-state index contributed by atoms with van der Waals surface area (Å²) in [5.74, 6) is -3.22. The third-order valence-corrected chi connectivity index (χ3v) is 14.0. The average Bonchev–Trinajstić information content (AvgIpc) is 3.46. The van der Waals surface area contributed by atoms with Gasteiger partial charge in [-0.15, -0.1) is 0 Å². The fourth-order valence-electron chi connectivity index (χ4n) is 7.28. The Labute approximate surface area is 282 Å². The highest BCUT2D eigenvalue weighted by Gasteiger charge is 2.75. The largest absolute Gasteiger partial charge is 0.455 e. The lowest BCUT2D eigenvalue weighted by atomic mass is 9.79. The van der Waals surface area contributed by atoms with E-state index in [-0.39, 0.29) is 11.6 Å². The third-order valence-electron chi connectivity index (χ3n) is 8.96. The predicted molar refractivity (Wildman–Crippen MR) is 174 cm³/mol. The summed E-state index contributed by atoms with van der Waals surface area (Å²) in [7, 11) is -1.77. The summed E-state index contributed by atoms with van der Waals surface area (Å²) in [6, 6.07) is 20.1. The first kappa shape index (κ1) is 36.1. The van der Waals surface area contributed by atoms with Gasteiger partial charge in [0.25, 0.3) is 8.32 Å². The standard InChI is InChI=1S/C35H46O12Si/c1-21(36)41-27-28(42-22(2)37)31(39-9)47-35(29(27)43-23(3)38)26(44-32-30(35)45-34(7,8)46-32)20-40-48(33(4,5)6,24-16-12-10-13-17-24)25-18-14-11-15-19-25/h10-19,26-32H,20H2,1-9H3/t26-,27-,28+,29+,30-,31-,32+,35-/m1/s1. The molecule has 0 N–H and O–H groups in total. The predicted octanol–water partition coefficient (Wildman–Crippen LogP) is 2.98. The van der Waals surface area contributed by atoms with E-state index in [0.29, 0.717) is 0 Å². The number of carbonyl (C=O) groups is 3. The highest BCUT2D eigenvalue weighted by Crippen LogP contribution is 2.52. The molecule has 2 aromatic carbocycles. The topological polar surface area (TPSA) is 134 Å². The van der Waals surface area contributed by atoms with E-state index >= 15 is 0 Å². The fourth-order valence-corrected chi connectivity index (χ4v) is 11.8. The maximum atomic E-state index is 12.8. The molecule has 0 saturated carbocycles. The molecule has 0 bridgehead atoms. The van der Waals surface area contributed by atoms with Crippen molar-refractivity contribution in [2.45, 2.75) is 115 Å². The number of esters is 3. The number of ether oxygens (including phenoxy) is 8. The normalized spacial score (nSPS) is 31.2. The number of carbonyl (C=O) groups excluding carboxylic acids is 3. The van der Waals surface area contributed by atoms with Crippen LogP contribution in [-0.4, -0.2) is 94.4 Å². The van der Waals surface area contributed by atoms with Crippen LogP contribution in [-0.2, 0) is 56.7 Å². The molecular formula is C35H46O12Si. The van der Waals surface area contributed by atoms with Gasteiger partial charge >= 0.3 is 17.9 Å². The van der Waals surface area contributed by atoms with Crippen molar-refractivity contribution in [1.29, 1.82) is 0 Å². The molecule has 13 heteroatoms. The van der Waals surface area contributed by atoms with Crippen LogP contribution < -0.4 is 10.4 Å². The average molecular weight is 687 g/mol. The van der Waals surface area contributed by atoms with Gasteiger partial charge in [0.15, 0.2) is 42.3 Å². The van der Waals surface area contributed by atoms with Crippen molar-refractivity contribution in [3.8, 4) is 0 Å². The molecule has 0 unspecified atom stereocenters. The van der Waals surface area contributed by atoms with E-state index < -0.39 is 80.7 Å². The quantitative estimate of drug-likeness (QED) is 0.218. The molecule has 2 aromatic rings.